The normalized spacial score (nSPS) is 20.0. The molecule has 1 aromatic rings. The average Bonchev–Trinajstić information content (AvgIpc) is 2.46. The van der Waals surface area contributed by atoms with E-state index in [0.717, 1.165) is 12.2 Å². The van der Waals surface area contributed by atoms with Crippen LogP contribution < -0.4 is 10.6 Å². The van der Waals surface area contributed by atoms with E-state index in [4.69, 9.17) is 5.73 Å². The third-order valence-electron chi connectivity index (χ3n) is 3.13. The van der Waals surface area contributed by atoms with Gasteiger partial charge in [-0.3, -0.25) is 0 Å². The Labute approximate surface area is 85.7 Å². The summed E-state index contributed by atoms with van der Waals surface area (Å²) in [6.45, 7) is 5.69. The first-order valence-electron chi connectivity index (χ1n) is 5.23. The molecule has 1 fully saturated rings. The van der Waals surface area contributed by atoms with Crippen molar-refractivity contribution in [2.75, 3.05) is 17.2 Å². The Balaban J connectivity index is 2.36. The zero-order valence-corrected chi connectivity index (χ0v) is 8.96. The van der Waals surface area contributed by atoms with Crippen molar-refractivity contribution in [2.45, 2.75) is 32.2 Å². The van der Waals surface area contributed by atoms with Crippen LogP contribution >= 0.6 is 0 Å². The van der Waals surface area contributed by atoms with Crippen LogP contribution in [0.5, 0.6) is 0 Å². The molecule has 0 bridgehead atoms. The van der Waals surface area contributed by atoms with Crippen LogP contribution in [0.3, 0.4) is 0 Å². The quantitative estimate of drug-likeness (QED) is 0.690. The number of hydrogen-bond acceptors (Lipinski definition) is 2. The summed E-state index contributed by atoms with van der Waals surface area (Å²) in [7, 11) is 0. The van der Waals surface area contributed by atoms with Crippen LogP contribution in [-0.2, 0) is 0 Å². The predicted molar refractivity (Wildman–Crippen MR) is 61.5 cm³/mol. The fourth-order valence-corrected chi connectivity index (χ4v) is 2.29. The van der Waals surface area contributed by atoms with Crippen LogP contribution in [0.4, 0.5) is 11.4 Å². The number of benzene rings is 1. The molecule has 0 saturated carbocycles. The van der Waals surface area contributed by atoms with Gasteiger partial charge in [-0.15, -0.1) is 0 Å². The van der Waals surface area contributed by atoms with Crippen molar-refractivity contribution in [1.29, 1.82) is 0 Å². The molecule has 2 rings (SSSR count). The maximum atomic E-state index is 5.98. The fraction of sp³-hybridized carbons (Fsp3) is 0.500. The van der Waals surface area contributed by atoms with Gasteiger partial charge in [0.1, 0.15) is 0 Å². The molecule has 0 spiro atoms. The molecule has 2 heteroatoms. The van der Waals surface area contributed by atoms with Gasteiger partial charge in [0.25, 0.3) is 0 Å². The van der Waals surface area contributed by atoms with E-state index in [-0.39, 0.29) is 5.54 Å². The average molecular weight is 190 g/mol. The van der Waals surface area contributed by atoms with E-state index >= 15 is 0 Å². The first-order valence-corrected chi connectivity index (χ1v) is 5.23. The lowest BCUT2D eigenvalue weighted by atomic mass is 10.0. The Morgan fingerprint density at radius 2 is 2.00 bits per heavy atom. The number of nitrogens with two attached hydrogens (primary N) is 1. The maximum Gasteiger partial charge on any atom is 0.0604 e. The van der Waals surface area contributed by atoms with Crippen LogP contribution in [0.1, 0.15) is 26.7 Å². The van der Waals surface area contributed by atoms with Crippen LogP contribution in [0.25, 0.3) is 0 Å². The second-order valence-corrected chi connectivity index (χ2v) is 4.63. The van der Waals surface area contributed by atoms with Crippen molar-refractivity contribution in [3.63, 3.8) is 0 Å². The van der Waals surface area contributed by atoms with E-state index in [1.165, 1.54) is 18.5 Å². The molecule has 0 aliphatic carbocycles. The smallest absolute Gasteiger partial charge is 0.0604 e. The Hall–Kier alpha value is -1.18. The summed E-state index contributed by atoms with van der Waals surface area (Å²) in [5.41, 5.74) is 8.32. The SMILES string of the molecule is CC1(C)CCCN1c1ccccc1N. The van der Waals surface area contributed by atoms with E-state index < -0.39 is 0 Å². The van der Waals surface area contributed by atoms with E-state index in [9.17, 15) is 0 Å². The van der Waals surface area contributed by atoms with Gasteiger partial charge < -0.3 is 10.6 Å². The molecule has 0 atom stereocenters. The number of anilines is 2. The Morgan fingerprint density at radius 3 is 2.57 bits per heavy atom. The van der Waals surface area contributed by atoms with Crippen molar-refractivity contribution in [3.05, 3.63) is 24.3 Å². The van der Waals surface area contributed by atoms with Crippen molar-refractivity contribution < 1.29 is 0 Å². The van der Waals surface area contributed by atoms with E-state index in [2.05, 4.69) is 30.9 Å². The van der Waals surface area contributed by atoms with Crippen molar-refractivity contribution in [3.8, 4) is 0 Å². The largest absolute Gasteiger partial charge is 0.397 e. The number of nitrogen functional groups attached to an aromatic ring is 1. The molecule has 14 heavy (non-hydrogen) atoms. The minimum Gasteiger partial charge on any atom is -0.397 e. The first-order chi connectivity index (χ1) is 6.61. The molecule has 2 nitrogen and oxygen atoms in total. The number of rotatable bonds is 1. The molecule has 0 radical (unpaired) electrons. The zero-order valence-electron chi connectivity index (χ0n) is 8.96. The topological polar surface area (TPSA) is 29.3 Å². The number of nitrogens with zero attached hydrogens (tertiary/aromatic N) is 1. The standard InChI is InChI=1S/C12H18N2/c1-12(2)8-5-9-14(12)11-7-4-3-6-10(11)13/h3-4,6-7H,5,8-9,13H2,1-2H3. The zero-order chi connectivity index (χ0) is 10.2. The van der Waals surface area contributed by atoms with Crippen LogP contribution in [0, 0.1) is 0 Å². The van der Waals surface area contributed by atoms with Crippen molar-refractivity contribution in [1.82, 2.24) is 0 Å². The molecule has 1 aliphatic rings. The van der Waals surface area contributed by atoms with Crippen LogP contribution in [-0.4, -0.2) is 12.1 Å². The first kappa shape index (κ1) is 9.38. The molecule has 76 valence electrons. The van der Waals surface area contributed by atoms with E-state index in [0.29, 0.717) is 0 Å². The highest BCUT2D eigenvalue weighted by molar-refractivity contribution is 5.68. The van der Waals surface area contributed by atoms with Gasteiger partial charge in [0.2, 0.25) is 0 Å². The van der Waals surface area contributed by atoms with Gasteiger partial charge in [-0.05, 0) is 38.8 Å². The highest BCUT2D eigenvalue weighted by atomic mass is 15.2. The molecular weight excluding hydrogens is 172 g/mol. The number of hydrogen-bond donors (Lipinski definition) is 1. The minimum atomic E-state index is 0.259. The van der Waals surface area contributed by atoms with E-state index in [1.807, 2.05) is 12.1 Å². The maximum absolute atomic E-state index is 5.98. The van der Waals surface area contributed by atoms with Gasteiger partial charge in [0.05, 0.1) is 11.4 Å². The van der Waals surface area contributed by atoms with Crippen LogP contribution in [0.15, 0.2) is 24.3 Å². The lowest BCUT2D eigenvalue weighted by Gasteiger charge is -2.34. The molecule has 1 saturated heterocycles. The lowest BCUT2D eigenvalue weighted by molar-refractivity contribution is 0.518. The fourth-order valence-electron chi connectivity index (χ4n) is 2.29. The van der Waals surface area contributed by atoms with E-state index in [1.54, 1.807) is 0 Å². The second kappa shape index (κ2) is 3.19. The summed E-state index contributed by atoms with van der Waals surface area (Å²) in [5.74, 6) is 0. The monoisotopic (exact) mass is 190 g/mol. The van der Waals surface area contributed by atoms with Gasteiger partial charge in [-0.1, -0.05) is 12.1 Å². The van der Waals surface area contributed by atoms with Gasteiger partial charge in [0.15, 0.2) is 0 Å². The minimum absolute atomic E-state index is 0.259. The lowest BCUT2D eigenvalue weighted by Crippen LogP contribution is -2.38. The Bertz CT molecular complexity index is 331. The molecule has 1 aliphatic heterocycles. The van der Waals surface area contributed by atoms with Crippen molar-refractivity contribution >= 4 is 11.4 Å². The molecule has 0 unspecified atom stereocenters. The third kappa shape index (κ3) is 1.45. The highest BCUT2D eigenvalue weighted by Gasteiger charge is 2.32. The second-order valence-electron chi connectivity index (χ2n) is 4.63. The summed E-state index contributed by atoms with van der Waals surface area (Å²) in [6.07, 6.45) is 2.52. The highest BCUT2D eigenvalue weighted by Crippen LogP contribution is 2.36. The van der Waals surface area contributed by atoms with Crippen molar-refractivity contribution in [2.24, 2.45) is 0 Å². The molecule has 1 aromatic carbocycles. The number of para-hydroxylation sites is 2. The molecule has 1 heterocycles. The molecular formula is C12H18N2. The summed E-state index contributed by atoms with van der Waals surface area (Å²) < 4.78 is 0. The van der Waals surface area contributed by atoms with Gasteiger partial charge in [-0.25, -0.2) is 0 Å². The molecule has 0 aromatic heterocycles. The summed E-state index contributed by atoms with van der Waals surface area (Å²) in [6, 6.07) is 8.13. The van der Waals surface area contributed by atoms with Gasteiger partial charge in [0, 0.05) is 12.1 Å². The Kier molecular flexibility index (Phi) is 2.14. The third-order valence-corrected chi connectivity index (χ3v) is 3.13. The summed E-state index contributed by atoms with van der Waals surface area (Å²) >= 11 is 0. The molecule has 0 amide bonds. The molecule has 2 N–H and O–H groups in total. The summed E-state index contributed by atoms with van der Waals surface area (Å²) in [4.78, 5) is 2.42. The van der Waals surface area contributed by atoms with Crippen LogP contribution in [0.2, 0.25) is 0 Å². The Morgan fingerprint density at radius 1 is 1.29 bits per heavy atom. The van der Waals surface area contributed by atoms with Gasteiger partial charge >= 0.3 is 0 Å². The summed E-state index contributed by atoms with van der Waals surface area (Å²) in [5, 5.41) is 0. The van der Waals surface area contributed by atoms with Gasteiger partial charge in [-0.2, -0.15) is 0 Å². The predicted octanol–water partition coefficient (Wildman–Crippen LogP) is 2.65.